The van der Waals surface area contributed by atoms with E-state index in [4.69, 9.17) is 28.3 Å². The molecule has 0 bridgehead atoms. The Bertz CT molecular complexity index is 1760. The molecule has 1 aliphatic rings. The molecule has 12 heteroatoms. The van der Waals surface area contributed by atoms with Gasteiger partial charge >= 0.3 is 0 Å². The molecule has 48 heavy (non-hydrogen) atoms. The Morgan fingerprint density at radius 2 is 1.73 bits per heavy atom. The number of benzene rings is 3. The van der Waals surface area contributed by atoms with Gasteiger partial charge in [0.25, 0.3) is 11.8 Å². The van der Waals surface area contributed by atoms with Crippen molar-refractivity contribution in [3.05, 3.63) is 105 Å². The van der Waals surface area contributed by atoms with E-state index >= 15 is 0 Å². The van der Waals surface area contributed by atoms with Gasteiger partial charge in [-0.2, -0.15) is 5.10 Å². The number of aliphatic hydroxyl groups is 1. The van der Waals surface area contributed by atoms with E-state index in [-0.39, 0.29) is 34.0 Å². The molecule has 2 N–H and O–H groups in total. The first-order chi connectivity index (χ1) is 23.2. The number of rotatable bonds is 13. The number of halogens is 2. The largest absolute Gasteiger partial charge is 0.588 e. The normalized spacial score (nSPS) is 14.8. The minimum absolute atomic E-state index is 0.147. The van der Waals surface area contributed by atoms with Crippen LogP contribution in [0.3, 0.4) is 0 Å². The molecule has 0 spiro atoms. The summed E-state index contributed by atoms with van der Waals surface area (Å²) in [5.74, 6) is -0.476. The Hall–Kier alpha value is -3.54. The van der Waals surface area contributed by atoms with Gasteiger partial charge in [-0.1, -0.05) is 80.2 Å². The molecular weight excluding hydrogens is 669 g/mol. The van der Waals surface area contributed by atoms with E-state index in [0.29, 0.717) is 53.7 Å². The van der Waals surface area contributed by atoms with Gasteiger partial charge in [0.2, 0.25) is 0 Å². The van der Waals surface area contributed by atoms with E-state index < -0.39 is 17.4 Å². The van der Waals surface area contributed by atoms with Crippen LogP contribution < -0.4 is 4.72 Å². The minimum Gasteiger partial charge on any atom is -0.588 e. The lowest BCUT2D eigenvalue weighted by Gasteiger charge is -2.36. The molecule has 0 aliphatic carbocycles. The van der Waals surface area contributed by atoms with Gasteiger partial charge in [0.1, 0.15) is 16.4 Å². The van der Waals surface area contributed by atoms with Gasteiger partial charge in [0, 0.05) is 25.3 Å². The van der Waals surface area contributed by atoms with Crippen molar-refractivity contribution in [1.29, 1.82) is 0 Å². The van der Waals surface area contributed by atoms with Gasteiger partial charge in [-0.25, -0.2) is 9.40 Å². The molecule has 0 saturated heterocycles. The number of hydrogen-bond donors (Lipinski definition) is 2. The van der Waals surface area contributed by atoms with E-state index in [2.05, 4.69) is 18.6 Å². The van der Waals surface area contributed by atoms with E-state index in [1.807, 2.05) is 36.1 Å². The van der Waals surface area contributed by atoms with Crippen LogP contribution in [-0.2, 0) is 24.3 Å². The topological polar surface area (TPSA) is 114 Å². The molecule has 9 nitrogen and oxygen atoms in total. The predicted molar refractivity (Wildman–Crippen MR) is 191 cm³/mol. The van der Waals surface area contributed by atoms with E-state index in [9.17, 15) is 19.2 Å². The summed E-state index contributed by atoms with van der Waals surface area (Å²) in [5, 5.41) is 15.6. The maximum absolute atomic E-state index is 14.5. The molecule has 5 rings (SSSR count). The number of amides is 2. The third-order valence-corrected chi connectivity index (χ3v) is 10.7. The fourth-order valence-corrected chi connectivity index (χ4v) is 7.38. The van der Waals surface area contributed by atoms with Crippen molar-refractivity contribution in [1.82, 2.24) is 19.6 Å². The van der Waals surface area contributed by atoms with Gasteiger partial charge in [-0.05, 0) is 73.7 Å². The van der Waals surface area contributed by atoms with Crippen molar-refractivity contribution in [2.24, 2.45) is 0 Å². The zero-order valence-corrected chi connectivity index (χ0v) is 29.7. The van der Waals surface area contributed by atoms with Crippen molar-refractivity contribution < 1.29 is 19.2 Å². The maximum Gasteiger partial charge on any atom is 0.274 e. The number of hydrogen-bond acceptors (Lipinski definition) is 6. The van der Waals surface area contributed by atoms with Crippen LogP contribution in [0.4, 0.5) is 5.69 Å². The van der Waals surface area contributed by atoms with Crippen LogP contribution in [0.5, 0.6) is 0 Å². The molecule has 0 fully saturated rings. The number of carbonyl (C=O) groups excluding carboxylic acids is 2. The van der Waals surface area contributed by atoms with Gasteiger partial charge in [0.15, 0.2) is 10.6 Å². The van der Waals surface area contributed by atoms with Crippen LogP contribution in [-0.4, -0.2) is 66.8 Å². The smallest absolute Gasteiger partial charge is 0.274 e. The molecule has 0 radical (unpaired) electrons. The quantitative estimate of drug-likeness (QED) is 0.142. The summed E-state index contributed by atoms with van der Waals surface area (Å²) in [5.41, 5.74) is 4.20. The SMILES string of the molecule is CCCCN(CCCC)C(=O)c1cc(C)n(-c2ccc(N[S+]([O-])c3cccc(Cl)c3Cl)cc2C(=O)N2Cc3ccccc3C[C@H]2CO)n1. The highest BCUT2D eigenvalue weighted by Gasteiger charge is 2.32. The highest BCUT2D eigenvalue weighted by Crippen LogP contribution is 2.32. The number of aromatic nitrogens is 2. The van der Waals surface area contributed by atoms with Crippen LogP contribution in [0.25, 0.3) is 5.69 Å². The second kappa shape index (κ2) is 16.2. The third-order valence-electron chi connectivity index (χ3n) is 8.57. The first-order valence-electron chi connectivity index (χ1n) is 16.3. The fraction of sp³-hybridized carbons (Fsp3) is 0.361. The number of aryl methyl sites for hydroxylation is 1. The van der Waals surface area contributed by atoms with Crippen LogP contribution in [0, 0.1) is 6.92 Å². The van der Waals surface area contributed by atoms with Gasteiger partial charge in [-0.15, -0.1) is 0 Å². The molecule has 0 saturated carbocycles. The van der Waals surface area contributed by atoms with E-state index in [1.165, 1.54) is 0 Å². The number of fused-ring (bicyclic) bond motifs is 1. The highest BCUT2D eigenvalue weighted by atomic mass is 35.5. The Morgan fingerprint density at radius 1 is 1.02 bits per heavy atom. The second-order valence-corrected chi connectivity index (χ2v) is 13.9. The summed E-state index contributed by atoms with van der Waals surface area (Å²) in [7, 11) is 0. The molecule has 2 amide bonds. The number of unbranched alkanes of at least 4 members (excludes halogenated alkanes) is 2. The first kappa shape index (κ1) is 35.8. The lowest BCUT2D eigenvalue weighted by atomic mass is 9.93. The number of nitrogens with zero attached hydrogens (tertiary/aromatic N) is 4. The summed E-state index contributed by atoms with van der Waals surface area (Å²) in [6, 6.07) is 19.1. The lowest BCUT2D eigenvalue weighted by molar-refractivity contribution is 0.0544. The zero-order chi connectivity index (χ0) is 34.4. The number of anilines is 1. The summed E-state index contributed by atoms with van der Waals surface area (Å²) in [6.07, 6.45) is 4.25. The third kappa shape index (κ3) is 7.84. The summed E-state index contributed by atoms with van der Waals surface area (Å²) in [6.45, 7) is 7.44. The molecule has 1 aromatic heterocycles. The standard InChI is InChI=1S/C36H41Cl2N5O4S/c1-4-6-17-41(18-7-5-2)36(46)31-19-24(3)43(39-31)32-16-15-27(40-48(47)33-14-10-13-30(37)34(33)38)21-29(32)35(45)42-22-26-12-9-8-11-25(26)20-28(42)23-44/h8-16,19,21,28,40,44H,4-7,17-18,20,22-23H2,1-3H3/t28-,48?/m0/s1. The minimum atomic E-state index is -1.79. The molecule has 3 aromatic carbocycles. The number of aliphatic hydroxyl groups excluding tert-OH is 1. The second-order valence-electron chi connectivity index (χ2n) is 12.0. The van der Waals surface area contributed by atoms with Gasteiger partial charge in [-0.3, -0.25) is 9.59 Å². The van der Waals surface area contributed by atoms with Crippen molar-refractivity contribution in [2.45, 2.75) is 70.4 Å². The zero-order valence-electron chi connectivity index (χ0n) is 27.4. The van der Waals surface area contributed by atoms with Crippen LogP contribution >= 0.6 is 23.2 Å². The highest BCUT2D eigenvalue weighted by molar-refractivity contribution is 7.92. The Morgan fingerprint density at radius 3 is 2.42 bits per heavy atom. The Kier molecular flexibility index (Phi) is 12.1. The Balaban J connectivity index is 1.55. The molecule has 1 unspecified atom stereocenters. The van der Waals surface area contributed by atoms with E-state index in [1.54, 1.807) is 52.0 Å². The molecule has 254 valence electrons. The molecule has 2 heterocycles. The summed E-state index contributed by atoms with van der Waals surface area (Å²) in [4.78, 5) is 32.0. The lowest BCUT2D eigenvalue weighted by Crippen LogP contribution is -2.46. The monoisotopic (exact) mass is 709 g/mol. The van der Waals surface area contributed by atoms with E-state index in [0.717, 1.165) is 36.8 Å². The van der Waals surface area contributed by atoms with Crippen molar-refractivity contribution >= 4 is 52.1 Å². The van der Waals surface area contributed by atoms with Crippen molar-refractivity contribution in [3.8, 4) is 5.69 Å². The van der Waals surface area contributed by atoms with Crippen LogP contribution in [0.2, 0.25) is 10.0 Å². The van der Waals surface area contributed by atoms with Gasteiger partial charge < -0.3 is 19.5 Å². The average molecular weight is 711 g/mol. The molecule has 2 atom stereocenters. The average Bonchev–Trinajstić information content (AvgIpc) is 3.49. The number of nitrogens with one attached hydrogen (secondary N) is 1. The fourth-order valence-electron chi connectivity index (χ4n) is 5.89. The predicted octanol–water partition coefficient (Wildman–Crippen LogP) is 7.22. The van der Waals surface area contributed by atoms with Crippen LogP contribution in [0.1, 0.15) is 77.2 Å². The molecular formula is C36H41Cl2N5O4S. The van der Waals surface area contributed by atoms with Crippen LogP contribution in [0.15, 0.2) is 71.6 Å². The number of carbonyl (C=O) groups is 2. The van der Waals surface area contributed by atoms with Crippen molar-refractivity contribution in [3.63, 3.8) is 0 Å². The Labute approximate surface area is 295 Å². The maximum atomic E-state index is 14.5. The van der Waals surface area contributed by atoms with Gasteiger partial charge in [0.05, 0.1) is 34.6 Å². The summed E-state index contributed by atoms with van der Waals surface area (Å²) < 4.78 is 17.9. The molecule has 1 aliphatic heterocycles. The summed E-state index contributed by atoms with van der Waals surface area (Å²) >= 11 is 10.7. The van der Waals surface area contributed by atoms with Crippen molar-refractivity contribution in [2.75, 3.05) is 24.4 Å². The first-order valence-corrected chi connectivity index (χ1v) is 18.2. The molecule has 4 aromatic rings.